The lowest BCUT2D eigenvalue weighted by Gasteiger charge is -2.24. The van der Waals surface area contributed by atoms with Gasteiger partial charge in [-0.25, -0.2) is 26.7 Å². The molecule has 0 spiro atoms. The van der Waals surface area contributed by atoms with E-state index >= 15 is 0 Å². The number of primary sulfonamides is 1. The van der Waals surface area contributed by atoms with Crippen molar-refractivity contribution in [2.24, 2.45) is 5.14 Å². The van der Waals surface area contributed by atoms with Gasteiger partial charge < -0.3 is 34.5 Å². The number of benzene rings is 6. The van der Waals surface area contributed by atoms with Crippen molar-refractivity contribution in [3.63, 3.8) is 0 Å². The highest BCUT2D eigenvalue weighted by molar-refractivity contribution is 9.09. The first-order valence-electron chi connectivity index (χ1n) is 25.5. The van der Waals surface area contributed by atoms with Gasteiger partial charge in [0.15, 0.2) is 20.2 Å². The third kappa shape index (κ3) is 28.3. The zero-order chi connectivity index (χ0) is 67.1. The van der Waals surface area contributed by atoms with E-state index in [9.17, 15) is 36.4 Å². The van der Waals surface area contributed by atoms with E-state index in [4.69, 9.17) is 145 Å². The predicted octanol–water partition coefficient (Wildman–Crippen LogP) is 21.4. The smallest absolute Gasteiger partial charge is 0.269 e. The van der Waals surface area contributed by atoms with E-state index in [0.29, 0.717) is 97.4 Å². The van der Waals surface area contributed by atoms with E-state index < -0.39 is 38.9 Å². The number of nitrogens with one attached hydrogen (secondary N) is 1. The molecule has 6 N–H and O–H groups in total. The molecule has 3 aromatic heterocycles. The molecule has 92 heavy (non-hydrogen) atoms. The molecule has 9 rings (SSSR count). The number of nitrogens with zero attached hydrogens (tertiary/aromatic N) is 1. The van der Waals surface area contributed by atoms with Crippen LogP contribution >= 0.6 is 198 Å². The summed E-state index contributed by atoms with van der Waals surface area (Å²) in [5.74, 6) is 0.510. The van der Waals surface area contributed by atoms with Gasteiger partial charge in [-0.3, -0.25) is 14.7 Å². The molecule has 506 valence electrons. The zero-order valence-electron chi connectivity index (χ0n) is 47.7. The Hall–Kier alpha value is -1.71. The Morgan fingerprint density at radius 3 is 1.50 bits per heavy atom. The van der Waals surface area contributed by atoms with Crippen LogP contribution in [-0.2, 0) is 43.6 Å². The zero-order valence-corrected chi connectivity index (χ0v) is 63.5. The molecule has 17 nitrogen and oxygen atoms in total. The van der Waals surface area contributed by atoms with E-state index in [-0.39, 0.29) is 46.0 Å². The summed E-state index contributed by atoms with van der Waals surface area (Å²) in [4.78, 5) is 23.7. The number of thiophene rings is 3. The van der Waals surface area contributed by atoms with E-state index in [1.807, 2.05) is 62.1 Å². The summed E-state index contributed by atoms with van der Waals surface area (Å²) in [5.41, 5.74) is -0.249. The maximum Gasteiger partial charge on any atom is 0.269 e. The Kier molecular flexibility index (Phi) is 39.7. The van der Waals surface area contributed by atoms with Gasteiger partial charge >= 0.3 is 0 Å². The number of fused-ring (bicyclic) bond motifs is 3. The molecule has 0 aliphatic rings. The normalized spacial score (nSPS) is 11.7. The maximum atomic E-state index is 12.5. The lowest BCUT2D eigenvalue weighted by Crippen LogP contribution is -2.28. The number of nitrogens with two attached hydrogens (primary N) is 1. The number of nitro groups is 1. The van der Waals surface area contributed by atoms with Crippen molar-refractivity contribution in [1.82, 2.24) is 10.9 Å². The molecule has 3 heterocycles. The number of sulfonamides is 2. The number of alkyl halides is 1. The number of rotatable bonds is 20. The summed E-state index contributed by atoms with van der Waals surface area (Å²) >= 11 is 71.4. The predicted molar refractivity (Wildman–Crippen MR) is 394 cm³/mol. The van der Waals surface area contributed by atoms with Crippen molar-refractivity contribution in [2.75, 3.05) is 43.8 Å². The van der Waals surface area contributed by atoms with Crippen LogP contribution < -0.4 is 25.4 Å². The standard InChI is InChI=1S/C15H11Cl2N2O7PS2.C12H16Cl2O2S.C8H5Cl2NO2S2.C8H4Cl2S.C6H13BrO2.C6H4Cl2S.CH4.H3N/c16-12-5-6-13(17)15-11(12)7-14(28-15)29(24,25)18-8-27(22,23)26-10-3-1-9(2-4-10)19(20)21;1-3-15-12(16-4-2)8-17-11-7-9(13)5-6-10(11)14;9-5-1-2-6(10)8-4(5)3-7(14-8)15(11,12)13;9-6-1-2-7(10)8-5(6)3-4-11-8;1-3-8-6(5-7)9-4-2;7-4-1-2-5(8)6(9)3-4;;/h1-7,18H,8H2,(H,22,23);5-7,12H,3-4,8H2,1-2H3;1-3H,(H2,11,12,13);1-4H;6H,3-5H2,1-2H3;1-3,9H;1H4;1H3/p-1. The molecule has 0 aliphatic heterocycles. The third-order valence-corrected chi connectivity index (χ3v) is 24.1. The fraction of sp³-hybridized carbons (Fsp3) is 0.250. The van der Waals surface area contributed by atoms with Crippen molar-refractivity contribution in [2.45, 2.75) is 65.9 Å². The highest BCUT2D eigenvalue weighted by Crippen LogP contribution is 2.42. The summed E-state index contributed by atoms with van der Waals surface area (Å²) < 4.78 is 89.3. The van der Waals surface area contributed by atoms with Crippen LogP contribution in [0.2, 0.25) is 50.2 Å². The van der Waals surface area contributed by atoms with E-state index in [1.54, 1.807) is 65.6 Å². The van der Waals surface area contributed by atoms with Gasteiger partial charge in [-0.05, 0) is 136 Å². The van der Waals surface area contributed by atoms with E-state index in [1.165, 1.54) is 24.3 Å². The molecule has 1 atom stereocenters. The molecular formula is C56H59BrCl10N4O13PS7-. The molecule has 36 heteroatoms. The Morgan fingerprint density at radius 2 is 1.05 bits per heavy atom. The Morgan fingerprint density at radius 1 is 0.620 bits per heavy atom. The highest BCUT2D eigenvalue weighted by Gasteiger charge is 2.23. The average molecular weight is 1690 g/mol. The van der Waals surface area contributed by atoms with E-state index in [0.717, 1.165) is 77.3 Å². The molecule has 0 amide bonds. The molecule has 6 aromatic carbocycles. The van der Waals surface area contributed by atoms with Crippen molar-refractivity contribution in [3.05, 3.63) is 181 Å². The number of hydrogen-bond donors (Lipinski definition) is 4. The highest BCUT2D eigenvalue weighted by atomic mass is 79.9. The molecule has 0 bridgehead atoms. The van der Waals surface area contributed by atoms with Crippen LogP contribution in [0.1, 0.15) is 35.1 Å². The number of nitro benzene ring substituents is 1. The lowest BCUT2D eigenvalue weighted by atomic mass is 10.3. The molecule has 1 unspecified atom stereocenters. The minimum atomic E-state index is -4.68. The monoisotopic (exact) mass is 1680 g/mol. The first-order chi connectivity index (χ1) is 42.4. The second-order valence-corrected chi connectivity index (χ2v) is 31.8. The fourth-order valence-corrected chi connectivity index (χ4v) is 17.3. The van der Waals surface area contributed by atoms with Gasteiger partial charge in [-0.1, -0.05) is 139 Å². The van der Waals surface area contributed by atoms with E-state index in [2.05, 4.69) is 28.6 Å². The number of hydrogen-bond acceptors (Lipinski definition) is 19. The molecule has 0 radical (unpaired) electrons. The van der Waals surface area contributed by atoms with Crippen LogP contribution in [0.15, 0.2) is 139 Å². The topological polar surface area (TPSA) is 271 Å². The summed E-state index contributed by atoms with van der Waals surface area (Å²) in [6, 6.07) is 29.5. The van der Waals surface area contributed by atoms with Gasteiger partial charge in [0.1, 0.15) is 14.2 Å². The number of thioether (sulfide) groups is 1. The number of non-ortho nitro benzene ring substituents is 1. The number of thiol groups is 1. The minimum absolute atomic E-state index is 0. The van der Waals surface area contributed by atoms with Crippen LogP contribution in [0, 0.1) is 10.1 Å². The maximum absolute atomic E-state index is 12.5. The van der Waals surface area contributed by atoms with Gasteiger partial charge in [0.25, 0.3) is 15.7 Å². The second-order valence-electron chi connectivity index (χ2n) is 17.0. The SMILES string of the molecule is C.CCOC(CBr)OCC.CCOC(CSc1cc(Cl)ccc1Cl)OCC.Clc1ccc(Cl)c2sccc12.N.NS(=O)(=O)c1cc2c(Cl)ccc(Cl)c2s1.O=[N+]([O-])c1ccc(OP(=O)([O-])CNS(=O)(=O)c2cc3c(Cl)ccc(Cl)c3s2)cc1.Sc1cc(Cl)ccc1Cl. The molecule has 0 saturated heterocycles. The van der Waals surface area contributed by atoms with Gasteiger partial charge in [-0.15, -0.1) is 58.4 Å². The van der Waals surface area contributed by atoms with Crippen molar-refractivity contribution in [3.8, 4) is 5.75 Å². The summed E-state index contributed by atoms with van der Waals surface area (Å²) in [6.07, 6.45) is -1.30. The van der Waals surface area contributed by atoms with Gasteiger partial charge in [0, 0.05) is 95.4 Å². The number of halogens is 11. The number of ether oxygens (including phenoxy) is 4. The van der Waals surface area contributed by atoms with Crippen molar-refractivity contribution < 1.29 is 54.7 Å². The third-order valence-electron chi connectivity index (χ3n) is 10.6. The summed E-state index contributed by atoms with van der Waals surface area (Å²) in [6.45, 7) is 10.5. The molecule has 0 saturated carbocycles. The Labute approximate surface area is 614 Å². The van der Waals surface area contributed by atoms with Crippen molar-refractivity contribution >= 4 is 254 Å². The first kappa shape index (κ1) is 86.4. The lowest BCUT2D eigenvalue weighted by molar-refractivity contribution is -0.384. The van der Waals surface area contributed by atoms with Gasteiger partial charge in [0.05, 0.1) is 55.8 Å². The minimum Gasteiger partial charge on any atom is -0.768 e. The molecule has 9 aromatic rings. The summed E-state index contributed by atoms with van der Waals surface area (Å²) in [7, 11) is -12.6. The first-order valence-corrected chi connectivity index (χ1v) is 39.1. The van der Waals surface area contributed by atoms with Gasteiger partial charge in [-0.2, -0.15) is 0 Å². The van der Waals surface area contributed by atoms with Crippen LogP contribution in [-0.4, -0.2) is 78.1 Å². The van der Waals surface area contributed by atoms with Gasteiger partial charge in [0.2, 0.25) is 10.0 Å². The summed E-state index contributed by atoms with van der Waals surface area (Å²) in [5, 5.41) is 26.2. The molecule has 0 aliphatic carbocycles. The van der Waals surface area contributed by atoms with Crippen LogP contribution in [0.5, 0.6) is 5.75 Å². The largest absolute Gasteiger partial charge is 0.768 e. The molecular weight excluding hydrogens is 1630 g/mol. The van der Waals surface area contributed by atoms with Crippen LogP contribution in [0.4, 0.5) is 5.69 Å². The van der Waals surface area contributed by atoms with Crippen molar-refractivity contribution in [1.29, 1.82) is 0 Å². The fourth-order valence-electron chi connectivity index (χ4n) is 6.65. The van der Waals surface area contributed by atoms with Crippen LogP contribution in [0.25, 0.3) is 30.3 Å². The van der Waals surface area contributed by atoms with Crippen LogP contribution in [0.3, 0.4) is 0 Å². The molecule has 0 fully saturated rings. The Bertz CT molecular complexity index is 3980. The quantitative estimate of drug-likeness (QED) is 0.0105. The second kappa shape index (κ2) is 42.3. The Balaban J connectivity index is 0.000000397. The average Bonchev–Trinajstić information content (AvgIpc) is 1.71.